The summed E-state index contributed by atoms with van der Waals surface area (Å²) in [6.07, 6.45) is -3.77. The number of hydrogen-bond donors (Lipinski definition) is 1. The maximum atomic E-state index is 12.4. The molecule has 0 aliphatic carbocycles. The van der Waals surface area contributed by atoms with E-state index in [1.807, 2.05) is 13.8 Å². The number of hydrogen-bond acceptors (Lipinski definition) is 2. The van der Waals surface area contributed by atoms with Gasteiger partial charge in [-0.1, -0.05) is 12.1 Å². The minimum Gasteiger partial charge on any atom is -0.379 e. The zero-order chi connectivity index (χ0) is 14.0. The lowest BCUT2D eigenvalue weighted by Gasteiger charge is -2.26. The van der Waals surface area contributed by atoms with Crippen molar-refractivity contribution in [1.29, 1.82) is 0 Å². The predicted molar refractivity (Wildman–Crippen MR) is 64.1 cm³/mol. The summed E-state index contributed by atoms with van der Waals surface area (Å²) in [6.45, 7) is 3.77. The number of benzene rings is 1. The van der Waals surface area contributed by atoms with Gasteiger partial charge < -0.3 is 10.5 Å². The van der Waals surface area contributed by atoms with Gasteiger partial charge >= 0.3 is 6.18 Å². The van der Waals surface area contributed by atoms with Gasteiger partial charge in [-0.05, 0) is 38.0 Å². The van der Waals surface area contributed by atoms with E-state index in [1.54, 1.807) is 7.11 Å². The zero-order valence-electron chi connectivity index (χ0n) is 10.7. The second-order valence-electron chi connectivity index (χ2n) is 4.89. The molecule has 0 fully saturated rings. The highest BCUT2D eigenvalue weighted by Gasteiger charge is 2.30. The van der Waals surface area contributed by atoms with Crippen molar-refractivity contribution < 1.29 is 17.9 Å². The number of methoxy groups -OCH3 is 1. The molecular weight excluding hydrogens is 243 g/mol. The summed E-state index contributed by atoms with van der Waals surface area (Å²) in [4.78, 5) is 0. The molecule has 0 aliphatic rings. The summed E-state index contributed by atoms with van der Waals surface area (Å²) < 4.78 is 42.4. The Morgan fingerprint density at radius 3 is 2.06 bits per heavy atom. The van der Waals surface area contributed by atoms with Gasteiger partial charge in [0.2, 0.25) is 0 Å². The van der Waals surface area contributed by atoms with Crippen LogP contribution in [0.5, 0.6) is 0 Å². The second kappa shape index (κ2) is 5.28. The summed E-state index contributed by atoms with van der Waals surface area (Å²) in [7, 11) is 1.58. The fourth-order valence-corrected chi connectivity index (χ4v) is 1.65. The Morgan fingerprint density at radius 2 is 1.67 bits per heavy atom. The molecule has 0 amide bonds. The summed E-state index contributed by atoms with van der Waals surface area (Å²) in [5.74, 6) is 0. The Balaban J connectivity index is 2.80. The quantitative estimate of drug-likeness (QED) is 0.900. The summed E-state index contributed by atoms with van der Waals surface area (Å²) >= 11 is 0. The van der Waals surface area contributed by atoms with Crippen molar-refractivity contribution in [3.05, 3.63) is 35.4 Å². The molecule has 2 nitrogen and oxygen atoms in total. The van der Waals surface area contributed by atoms with E-state index in [4.69, 9.17) is 10.5 Å². The van der Waals surface area contributed by atoms with Crippen molar-refractivity contribution in [3.63, 3.8) is 0 Å². The minimum atomic E-state index is -4.31. The van der Waals surface area contributed by atoms with Gasteiger partial charge in [-0.15, -0.1) is 0 Å². The predicted octanol–water partition coefficient (Wildman–Crippen LogP) is 3.52. The van der Waals surface area contributed by atoms with E-state index in [0.29, 0.717) is 12.0 Å². The lowest BCUT2D eigenvalue weighted by atomic mass is 9.94. The number of ether oxygens (including phenoxy) is 1. The molecule has 5 heteroatoms. The Morgan fingerprint density at radius 1 is 1.17 bits per heavy atom. The van der Waals surface area contributed by atoms with E-state index < -0.39 is 17.3 Å². The van der Waals surface area contributed by atoms with Gasteiger partial charge in [0.15, 0.2) is 0 Å². The van der Waals surface area contributed by atoms with Crippen LogP contribution in [0.2, 0.25) is 0 Å². The highest BCUT2D eigenvalue weighted by molar-refractivity contribution is 5.26. The molecule has 18 heavy (non-hydrogen) atoms. The third-order valence-corrected chi connectivity index (χ3v) is 2.93. The van der Waals surface area contributed by atoms with E-state index >= 15 is 0 Å². The first kappa shape index (κ1) is 15.0. The monoisotopic (exact) mass is 261 g/mol. The van der Waals surface area contributed by atoms with Gasteiger partial charge in [-0.3, -0.25) is 0 Å². The van der Waals surface area contributed by atoms with Gasteiger partial charge in [0, 0.05) is 13.2 Å². The molecule has 2 N–H and O–H groups in total. The standard InChI is InChI=1S/C13H18F3NO/c1-12(2,18-3)8-11(17)9-4-6-10(7-5-9)13(14,15)16/h4-7,11H,8,17H2,1-3H3. The molecule has 1 aromatic rings. The highest BCUT2D eigenvalue weighted by atomic mass is 19.4. The van der Waals surface area contributed by atoms with Gasteiger partial charge in [-0.2, -0.15) is 13.2 Å². The Kier molecular flexibility index (Phi) is 4.40. The van der Waals surface area contributed by atoms with E-state index in [2.05, 4.69) is 0 Å². The van der Waals surface area contributed by atoms with Crippen LogP contribution in [0.15, 0.2) is 24.3 Å². The minimum absolute atomic E-state index is 0.345. The zero-order valence-corrected chi connectivity index (χ0v) is 10.7. The molecule has 0 aliphatic heterocycles. The van der Waals surface area contributed by atoms with Crippen LogP contribution in [0, 0.1) is 0 Å². The van der Waals surface area contributed by atoms with Crippen molar-refractivity contribution >= 4 is 0 Å². The first-order valence-corrected chi connectivity index (χ1v) is 5.63. The average Bonchev–Trinajstić information content (AvgIpc) is 2.27. The molecule has 0 aromatic heterocycles. The molecule has 1 unspecified atom stereocenters. The summed E-state index contributed by atoms with van der Waals surface area (Å²) in [6, 6.07) is 4.59. The number of alkyl halides is 3. The van der Waals surface area contributed by atoms with Crippen molar-refractivity contribution in [2.45, 2.75) is 38.1 Å². The molecule has 1 rings (SSSR count). The topological polar surface area (TPSA) is 35.2 Å². The maximum Gasteiger partial charge on any atom is 0.416 e. The number of halogens is 3. The molecule has 1 atom stereocenters. The molecule has 1 aromatic carbocycles. The average molecular weight is 261 g/mol. The van der Waals surface area contributed by atoms with Crippen LogP contribution in [-0.2, 0) is 10.9 Å². The molecule has 0 saturated heterocycles. The SMILES string of the molecule is COC(C)(C)CC(N)c1ccc(C(F)(F)F)cc1. The molecule has 0 spiro atoms. The molecule has 0 saturated carbocycles. The fourth-order valence-electron chi connectivity index (χ4n) is 1.65. The fraction of sp³-hybridized carbons (Fsp3) is 0.538. The normalized spacial score (nSPS) is 14.6. The van der Waals surface area contributed by atoms with Crippen LogP contribution in [0.25, 0.3) is 0 Å². The Labute approximate surface area is 105 Å². The Bertz CT molecular complexity index is 384. The smallest absolute Gasteiger partial charge is 0.379 e. The number of nitrogens with two attached hydrogens (primary N) is 1. The van der Waals surface area contributed by atoms with Crippen LogP contribution < -0.4 is 5.73 Å². The first-order chi connectivity index (χ1) is 8.15. The third-order valence-electron chi connectivity index (χ3n) is 2.93. The summed E-state index contributed by atoms with van der Waals surface area (Å²) in [5, 5.41) is 0. The van der Waals surface area contributed by atoms with Crippen LogP contribution in [0.4, 0.5) is 13.2 Å². The van der Waals surface area contributed by atoms with Gasteiger partial charge in [-0.25, -0.2) is 0 Å². The number of rotatable bonds is 4. The Hall–Kier alpha value is -1.07. The molecular formula is C13H18F3NO. The van der Waals surface area contributed by atoms with Gasteiger partial charge in [0.05, 0.1) is 11.2 Å². The third kappa shape index (κ3) is 3.99. The lowest BCUT2D eigenvalue weighted by molar-refractivity contribution is -0.137. The maximum absolute atomic E-state index is 12.4. The molecule has 0 bridgehead atoms. The van der Waals surface area contributed by atoms with Gasteiger partial charge in [0.1, 0.15) is 0 Å². The van der Waals surface area contributed by atoms with Crippen molar-refractivity contribution in [1.82, 2.24) is 0 Å². The van der Waals surface area contributed by atoms with Crippen molar-refractivity contribution in [2.24, 2.45) is 5.73 Å². The largest absolute Gasteiger partial charge is 0.416 e. The van der Waals surface area contributed by atoms with E-state index in [-0.39, 0.29) is 6.04 Å². The second-order valence-corrected chi connectivity index (χ2v) is 4.89. The highest BCUT2D eigenvalue weighted by Crippen LogP contribution is 2.31. The van der Waals surface area contributed by atoms with E-state index in [1.165, 1.54) is 12.1 Å². The summed E-state index contributed by atoms with van der Waals surface area (Å²) in [5.41, 5.74) is 5.57. The van der Waals surface area contributed by atoms with E-state index in [9.17, 15) is 13.2 Å². The van der Waals surface area contributed by atoms with Crippen LogP contribution in [0.1, 0.15) is 37.4 Å². The van der Waals surface area contributed by atoms with Crippen molar-refractivity contribution in [3.8, 4) is 0 Å². The van der Waals surface area contributed by atoms with E-state index in [0.717, 1.165) is 12.1 Å². The van der Waals surface area contributed by atoms with Crippen LogP contribution >= 0.6 is 0 Å². The van der Waals surface area contributed by atoms with Crippen molar-refractivity contribution in [2.75, 3.05) is 7.11 Å². The molecule has 0 radical (unpaired) electrons. The first-order valence-electron chi connectivity index (χ1n) is 5.63. The van der Waals surface area contributed by atoms with Crippen LogP contribution in [0.3, 0.4) is 0 Å². The van der Waals surface area contributed by atoms with Gasteiger partial charge in [0.25, 0.3) is 0 Å². The lowest BCUT2D eigenvalue weighted by Crippen LogP contribution is -2.28. The molecule has 102 valence electrons. The molecule has 0 heterocycles. The van der Waals surface area contributed by atoms with Crippen LogP contribution in [-0.4, -0.2) is 12.7 Å².